The maximum absolute atomic E-state index is 13.2. The lowest BCUT2D eigenvalue weighted by Crippen LogP contribution is -2.42. The fourth-order valence-corrected chi connectivity index (χ4v) is 3.59. The van der Waals surface area contributed by atoms with Crippen LogP contribution in [0.5, 0.6) is 11.5 Å². The van der Waals surface area contributed by atoms with Gasteiger partial charge < -0.3 is 20.1 Å². The van der Waals surface area contributed by atoms with Gasteiger partial charge in [-0.05, 0) is 47.2 Å². The molecule has 2 aliphatic rings. The van der Waals surface area contributed by atoms with Crippen molar-refractivity contribution in [2.75, 3.05) is 18.7 Å². The maximum atomic E-state index is 13.2. The summed E-state index contributed by atoms with van der Waals surface area (Å²) < 4.78 is 12.0. The molecule has 0 radical (unpaired) electrons. The van der Waals surface area contributed by atoms with E-state index >= 15 is 0 Å². The molecule has 1 aromatic heterocycles. The molecule has 2 aliphatic heterocycles. The minimum Gasteiger partial charge on any atom is -0.454 e. The predicted molar refractivity (Wildman–Crippen MR) is 108 cm³/mol. The van der Waals surface area contributed by atoms with Gasteiger partial charge in [0.15, 0.2) is 11.5 Å². The Morgan fingerprint density at radius 2 is 2.03 bits per heavy atom. The molecule has 2 N–H and O–H groups in total. The van der Waals surface area contributed by atoms with Crippen LogP contribution in [0.15, 0.2) is 48.8 Å². The second kappa shape index (κ2) is 7.34. The fourth-order valence-electron chi connectivity index (χ4n) is 3.59. The molecular formula is C20H17N7O5. The molecule has 3 aromatic rings. The number of benzene rings is 2. The molecule has 32 heavy (non-hydrogen) atoms. The second-order valence-corrected chi connectivity index (χ2v) is 7.37. The van der Waals surface area contributed by atoms with Crippen LogP contribution in [0.25, 0.3) is 5.69 Å². The number of aromatic nitrogens is 4. The highest BCUT2D eigenvalue weighted by atomic mass is 16.7. The van der Waals surface area contributed by atoms with Gasteiger partial charge in [-0.15, -0.1) is 5.10 Å². The third-order valence-electron chi connectivity index (χ3n) is 5.27. The number of hydrogen-bond acceptors (Lipinski definition) is 8. The van der Waals surface area contributed by atoms with Crippen LogP contribution in [0.3, 0.4) is 0 Å². The number of ether oxygens (including phenoxy) is 2. The zero-order chi connectivity index (χ0) is 22.3. The van der Waals surface area contributed by atoms with Gasteiger partial charge >= 0.3 is 6.03 Å². The Labute approximate surface area is 181 Å². The van der Waals surface area contributed by atoms with E-state index in [0.717, 1.165) is 4.90 Å². The third-order valence-corrected chi connectivity index (χ3v) is 5.27. The van der Waals surface area contributed by atoms with Crippen LogP contribution in [0.4, 0.5) is 10.5 Å². The smallest absolute Gasteiger partial charge is 0.325 e. The summed E-state index contributed by atoms with van der Waals surface area (Å²) in [6, 6.07) is 11.2. The van der Waals surface area contributed by atoms with Gasteiger partial charge in [-0.25, -0.2) is 9.48 Å². The van der Waals surface area contributed by atoms with Gasteiger partial charge in [-0.1, -0.05) is 12.1 Å². The van der Waals surface area contributed by atoms with Crippen molar-refractivity contribution in [1.82, 2.24) is 30.4 Å². The molecule has 5 rings (SSSR count). The van der Waals surface area contributed by atoms with Crippen molar-refractivity contribution >= 4 is 23.5 Å². The molecule has 3 heterocycles. The lowest BCUT2D eigenvalue weighted by molar-refractivity contribution is -0.133. The highest BCUT2D eigenvalue weighted by Crippen LogP contribution is 2.34. The van der Waals surface area contributed by atoms with Gasteiger partial charge in [0.2, 0.25) is 12.7 Å². The molecule has 0 unspecified atom stereocenters. The Bertz CT molecular complexity index is 1230. The van der Waals surface area contributed by atoms with E-state index in [1.54, 1.807) is 49.4 Å². The molecular weight excluding hydrogens is 418 g/mol. The summed E-state index contributed by atoms with van der Waals surface area (Å²) in [6.45, 7) is 1.26. The molecule has 162 valence electrons. The molecule has 12 heteroatoms. The SMILES string of the molecule is C[C@@]1(c2cccc(-n3cnnn3)c2)NC(=O)N(CC(=O)Nc2ccc3c(c2)OCO3)C1=O. The molecule has 12 nitrogen and oxygen atoms in total. The number of nitrogens with zero attached hydrogens (tertiary/aromatic N) is 5. The van der Waals surface area contributed by atoms with E-state index in [9.17, 15) is 14.4 Å². The number of hydrogen-bond donors (Lipinski definition) is 2. The lowest BCUT2D eigenvalue weighted by atomic mass is 9.91. The van der Waals surface area contributed by atoms with Crippen molar-refractivity contribution < 1.29 is 23.9 Å². The van der Waals surface area contributed by atoms with Gasteiger partial charge in [-0.3, -0.25) is 14.5 Å². The van der Waals surface area contributed by atoms with Crippen molar-refractivity contribution in [2.24, 2.45) is 0 Å². The van der Waals surface area contributed by atoms with Gasteiger partial charge in [0.1, 0.15) is 18.4 Å². The minimum absolute atomic E-state index is 0.113. The van der Waals surface area contributed by atoms with Crippen molar-refractivity contribution in [1.29, 1.82) is 0 Å². The number of urea groups is 1. The third kappa shape index (κ3) is 3.27. The summed E-state index contributed by atoms with van der Waals surface area (Å²) in [5.74, 6) is 0.0147. The monoisotopic (exact) mass is 435 g/mol. The molecule has 0 spiro atoms. The van der Waals surface area contributed by atoms with Crippen molar-refractivity contribution in [2.45, 2.75) is 12.5 Å². The highest BCUT2D eigenvalue weighted by molar-refractivity contribution is 6.10. The van der Waals surface area contributed by atoms with E-state index in [1.165, 1.54) is 11.0 Å². The maximum Gasteiger partial charge on any atom is 0.325 e. The normalized spacial score (nSPS) is 19.2. The lowest BCUT2D eigenvalue weighted by Gasteiger charge is -2.22. The highest BCUT2D eigenvalue weighted by Gasteiger charge is 2.49. The second-order valence-electron chi connectivity index (χ2n) is 7.37. The quantitative estimate of drug-likeness (QED) is 0.561. The van der Waals surface area contributed by atoms with E-state index in [1.807, 2.05) is 0 Å². The summed E-state index contributed by atoms with van der Waals surface area (Å²) in [4.78, 5) is 39.1. The van der Waals surface area contributed by atoms with Crippen molar-refractivity contribution in [3.63, 3.8) is 0 Å². The van der Waals surface area contributed by atoms with Crippen LogP contribution >= 0.6 is 0 Å². The molecule has 2 aromatic carbocycles. The average molecular weight is 435 g/mol. The minimum atomic E-state index is -1.35. The Kier molecular flexibility index (Phi) is 4.47. The summed E-state index contributed by atoms with van der Waals surface area (Å²) in [5.41, 5.74) is 0.264. The number of tetrazole rings is 1. The molecule has 0 saturated carbocycles. The first-order chi connectivity index (χ1) is 15.4. The van der Waals surface area contributed by atoms with E-state index in [-0.39, 0.29) is 6.79 Å². The van der Waals surface area contributed by atoms with Crippen LogP contribution in [0, 0.1) is 0 Å². The standard InChI is InChI=1S/C20H17N7O5/c1-20(12-3-2-4-14(7-12)27-10-21-24-25-27)18(29)26(19(30)23-20)9-17(28)22-13-5-6-15-16(8-13)32-11-31-15/h2-8,10H,9,11H2,1H3,(H,22,28)(H,23,30)/t20-/m0/s1. The predicted octanol–water partition coefficient (Wildman–Crippen LogP) is 0.797. The van der Waals surface area contributed by atoms with E-state index in [4.69, 9.17) is 9.47 Å². The number of carbonyl (C=O) groups is 3. The van der Waals surface area contributed by atoms with E-state index in [0.29, 0.717) is 28.4 Å². The summed E-state index contributed by atoms with van der Waals surface area (Å²) in [5, 5.41) is 16.4. The average Bonchev–Trinajstić information content (AvgIpc) is 3.52. The summed E-state index contributed by atoms with van der Waals surface area (Å²) >= 11 is 0. The van der Waals surface area contributed by atoms with Crippen LogP contribution in [-0.2, 0) is 15.1 Å². The van der Waals surface area contributed by atoms with E-state index in [2.05, 4.69) is 26.2 Å². The van der Waals surface area contributed by atoms with Crippen LogP contribution in [-0.4, -0.2) is 56.3 Å². The van der Waals surface area contributed by atoms with Crippen molar-refractivity contribution in [3.05, 3.63) is 54.4 Å². The first-order valence-corrected chi connectivity index (χ1v) is 9.61. The molecule has 0 bridgehead atoms. The summed E-state index contributed by atoms with van der Waals surface area (Å²) in [7, 11) is 0. The van der Waals surface area contributed by atoms with Crippen molar-refractivity contribution in [3.8, 4) is 17.2 Å². The Morgan fingerprint density at radius 1 is 1.19 bits per heavy atom. The number of nitrogens with one attached hydrogen (secondary N) is 2. The number of anilines is 1. The Balaban J connectivity index is 1.32. The molecule has 1 atom stereocenters. The zero-order valence-electron chi connectivity index (χ0n) is 16.8. The van der Waals surface area contributed by atoms with E-state index < -0.39 is 29.9 Å². The summed E-state index contributed by atoms with van der Waals surface area (Å²) in [6.07, 6.45) is 1.42. The molecule has 1 fully saturated rings. The number of amides is 4. The van der Waals surface area contributed by atoms with Crippen LogP contribution in [0.1, 0.15) is 12.5 Å². The fraction of sp³-hybridized carbons (Fsp3) is 0.200. The number of carbonyl (C=O) groups excluding carboxylic acids is 3. The largest absolute Gasteiger partial charge is 0.454 e. The van der Waals surface area contributed by atoms with Gasteiger partial charge in [0, 0.05) is 11.8 Å². The Morgan fingerprint density at radius 3 is 2.84 bits per heavy atom. The van der Waals surface area contributed by atoms with Crippen LogP contribution in [0.2, 0.25) is 0 Å². The number of fused-ring (bicyclic) bond motifs is 1. The van der Waals surface area contributed by atoms with Gasteiger partial charge in [0.05, 0.1) is 5.69 Å². The van der Waals surface area contributed by atoms with Crippen LogP contribution < -0.4 is 20.1 Å². The molecule has 1 saturated heterocycles. The van der Waals surface area contributed by atoms with Gasteiger partial charge in [-0.2, -0.15) is 0 Å². The number of imide groups is 1. The topological polar surface area (TPSA) is 141 Å². The van der Waals surface area contributed by atoms with Gasteiger partial charge in [0.25, 0.3) is 5.91 Å². The Hall–Kier alpha value is -4.48. The molecule has 0 aliphatic carbocycles. The first kappa shape index (κ1) is 19.5. The first-order valence-electron chi connectivity index (χ1n) is 9.61. The zero-order valence-corrected chi connectivity index (χ0v) is 16.8. The number of rotatable bonds is 5. The molecule has 4 amide bonds.